The number of hydrogen-bond donors (Lipinski definition) is 1. The molecule has 5 heteroatoms. The first-order chi connectivity index (χ1) is 9.58. The Morgan fingerprint density at radius 3 is 2.70 bits per heavy atom. The van der Waals surface area contributed by atoms with Crippen LogP contribution in [-0.4, -0.2) is 4.92 Å². The number of hydrogen-bond acceptors (Lipinski definition) is 3. The third-order valence-corrected chi connectivity index (χ3v) is 3.83. The summed E-state index contributed by atoms with van der Waals surface area (Å²) >= 11 is 3.52. The number of benzene rings is 2. The van der Waals surface area contributed by atoms with Crippen LogP contribution in [0, 0.1) is 10.1 Å². The lowest BCUT2D eigenvalue weighted by molar-refractivity contribution is -0.384. The molecule has 0 saturated heterocycles. The standard InChI is InChI=1S/C15H15BrN2O2/c1-11(14-7-2-3-8-15(14)16)17-10-12-5-4-6-13(9-12)18(19)20/h2-9,11,17H,10H2,1H3. The van der Waals surface area contributed by atoms with Crippen LogP contribution in [0.5, 0.6) is 0 Å². The summed E-state index contributed by atoms with van der Waals surface area (Å²) in [4.78, 5) is 10.4. The fourth-order valence-electron chi connectivity index (χ4n) is 1.99. The maximum Gasteiger partial charge on any atom is 0.269 e. The molecule has 0 saturated carbocycles. The number of nitro benzene ring substituents is 1. The second kappa shape index (κ2) is 6.63. The summed E-state index contributed by atoms with van der Waals surface area (Å²) in [5.41, 5.74) is 2.19. The highest BCUT2D eigenvalue weighted by molar-refractivity contribution is 9.10. The van der Waals surface area contributed by atoms with E-state index in [0.29, 0.717) is 6.54 Å². The molecule has 0 fully saturated rings. The third-order valence-electron chi connectivity index (χ3n) is 3.11. The van der Waals surface area contributed by atoms with Crippen LogP contribution in [0.4, 0.5) is 5.69 Å². The Kier molecular flexibility index (Phi) is 4.87. The summed E-state index contributed by atoms with van der Waals surface area (Å²) in [5, 5.41) is 14.1. The maximum atomic E-state index is 10.7. The van der Waals surface area contributed by atoms with Gasteiger partial charge in [-0.1, -0.05) is 46.3 Å². The molecule has 0 aliphatic carbocycles. The van der Waals surface area contributed by atoms with Gasteiger partial charge in [0, 0.05) is 29.2 Å². The van der Waals surface area contributed by atoms with Gasteiger partial charge in [-0.15, -0.1) is 0 Å². The van der Waals surface area contributed by atoms with Crippen LogP contribution in [0.1, 0.15) is 24.1 Å². The Morgan fingerprint density at radius 2 is 2.00 bits per heavy atom. The molecule has 2 rings (SSSR count). The van der Waals surface area contributed by atoms with E-state index >= 15 is 0 Å². The molecule has 0 aliphatic heterocycles. The van der Waals surface area contributed by atoms with Crippen LogP contribution in [-0.2, 0) is 6.54 Å². The van der Waals surface area contributed by atoms with Gasteiger partial charge in [-0.2, -0.15) is 0 Å². The van der Waals surface area contributed by atoms with Crippen molar-refractivity contribution in [3.63, 3.8) is 0 Å². The van der Waals surface area contributed by atoms with Crippen molar-refractivity contribution in [3.05, 3.63) is 74.2 Å². The van der Waals surface area contributed by atoms with E-state index in [1.54, 1.807) is 12.1 Å². The summed E-state index contributed by atoms with van der Waals surface area (Å²) in [6, 6.07) is 14.9. The highest BCUT2D eigenvalue weighted by Gasteiger charge is 2.09. The number of non-ortho nitro benzene ring substituents is 1. The van der Waals surface area contributed by atoms with Gasteiger partial charge in [0.15, 0.2) is 0 Å². The van der Waals surface area contributed by atoms with Crippen molar-refractivity contribution in [1.82, 2.24) is 5.32 Å². The summed E-state index contributed by atoms with van der Waals surface area (Å²) < 4.78 is 1.05. The van der Waals surface area contributed by atoms with Crippen LogP contribution in [0.15, 0.2) is 53.0 Å². The van der Waals surface area contributed by atoms with Gasteiger partial charge in [0.25, 0.3) is 5.69 Å². The van der Waals surface area contributed by atoms with Gasteiger partial charge in [0.1, 0.15) is 0 Å². The quantitative estimate of drug-likeness (QED) is 0.658. The van der Waals surface area contributed by atoms with Gasteiger partial charge in [0.2, 0.25) is 0 Å². The first kappa shape index (κ1) is 14.7. The van der Waals surface area contributed by atoms with E-state index in [9.17, 15) is 10.1 Å². The van der Waals surface area contributed by atoms with Gasteiger partial charge in [-0.25, -0.2) is 0 Å². The van der Waals surface area contributed by atoms with E-state index in [4.69, 9.17) is 0 Å². The number of rotatable bonds is 5. The van der Waals surface area contributed by atoms with Crippen molar-refractivity contribution in [2.45, 2.75) is 19.5 Å². The first-order valence-electron chi connectivity index (χ1n) is 6.29. The fourth-order valence-corrected chi connectivity index (χ4v) is 2.62. The minimum absolute atomic E-state index is 0.123. The van der Waals surface area contributed by atoms with E-state index in [0.717, 1.165) is 15.6 Å². The van der Waals surface area contributed by atoms with Crippen LogP contribution in [0.25, 0.3) is 0 Å². The van der Waals surface area contributed by atoms with Gasteiger partial charge in [-0.05, 0) is 24.1 Å². The molecule has 0 radical (unpaired) electrons. The molecule has 2 aromatic rings. The van der Waals surface area contributed by atoms with E-state index < -0.39 is 0 Å². The molecule has 0 aromatic heterocycles. The normalized spacial score (nSPS) is 12.1. The van der Waals surface area contributed by atoms with Crippen molar-refractivity contribution in [1.29, 1.82) is 0 Å². The highest BCUT2D eigenvalue weighted by atomic mass is 79.9. The molecule has 2 aromatic carbocycles. The van der Waals surface area contributed by atoms with E-state index in [-0.39, 0.29) is 16.7 Å². The lowest BCUT2D eigenvalue weighted by Gasteiger charge is -2.15. The number of nitrogens with one attached hydrogen (secondary N) is 1. The Morgan fingerprint density at radius 1 is 1.25 bits per heavy atom. The van der Waals surface area contributed by atoms with Crippen molar-refractivity contribution < 1.29 is 4.92 Å². The van der Waals surface area contributed by atoms with Gasteiger partial charge in [-0.3, -0.25) is 10.1 Å². The average molecular weight is 335 g/mol. The van der Waals surface area contributed by atoms with Crippen LogP contribution in [0.3, 0.4) is 0 Å². The SMILES string of the molecule is CC(NCc1cccc([N+](=O)[O-])c1)c1ccccc1Br. The lowest BCUT2D eigenvalue weighted by atomic mass is 10.1. The van der Waals surface area contributed by atoms with Crippen molar-refractivity contribution >= 4 is 21.6 Å². The summed E-state index contributed by atoms with van der Waals surface area (Å²) in [6.45, 7) is 2.65. The smallest absolute Gasteiger partial charge is 0.269 e. The first-order valence-corrected chi connectivity index (χ1v) is 7.08. The molecule has 0 bridgehead atoms. The van der Waals surface area contributed by atoms with E-state index in [1.807, 2.05) is 24.3 Å². The number of nitrogens with zero attached hydrogens (tertiary/aromatic N) is 1. The molecule has 0 spiro atoms. The van der Waals surface area contributed by atoms with Gasteiger partial charge < -0.3 is 5.32 Å². The second-order valence-electron chi connectivity index (χ2n) is 4.55. The minimum Gasteiger partial charge on any atom is -0.306 e. The molecular weight excluding hydrogens is 320 g/mol. The number of halogens is 1. The van der Waals surface area contributed by atoms with Crippen LogP contribution >= 0.6 is 15.9 Å². The predicted molar refractivity (Wildman–Crippen MR) is 82.5 cm³/mol. The zero-order valence-corrected chi connectivity index (χ0v) is 12.6. The molecule has 0 heterocycles. The third kappa shape index (κ3) is 3.65. The molecule has 1 unspecified atom stereocenters. The summed E-state index contributed by atoms with van der Waals surface area (Å²) in [5.74, 6) is 0. The van der Waals surface area contributed by atoms with Gasteiger partial charge >= 0.3 is 0 Å². The molecule has 4 nitrogen and oxygen atoms in total. The molecule has 1 atom stereocenters. The molecule has 20 heavy (non-hydrogen) atoms. The fraction of sp³-hybridized carbons (Fsp3) is 0.200. The van der Waals surface area contributed by atoms with Crippen molar-refractivity contribution in [3.8, 4) is 0 Å². The van der Waals surface area contributed by atoms with E-state index in [1.165, 1.54) is 6.07 Å². The molecule has 104 valence electrons. The Balaban J connectivity index is 2.04. The topological polar surface area (TPSA) is 55.2 Å². The summed E-state index contributed by atoms with van der Waals surface area (Å²) in [6.07, 6.45) is 0. The average Bonchev–Trinajstić information content (AvgIpc) is 2.45. The van der Waals surface area contributed by atoms with Crippen LogP contribution < -0.4 is 5.32 Å². The Labute approximate surface area is 126 Å². The molecular formula is C15H15BrN2O2. The second-order valence-corrected chi connectivity index (χ2v) is 5.41. The number of nitro groups is 1. The van der Waals surface area contributed by atoms with Gasteiger partial charge in [0.05, 0.1) is 4.92 Å². The molecule has 0 amide bonds. The van der Waals surface area contributed by atoms with Crippen molar-refractivity contribution in [2.24, 2.45) is 0 Å². The summed E-state index contributed by atoms with van der Waals surface area (Å²) in [7, 11) is 0. The lowest BCUT2D eigenvalue weighted by Crippen LogP contribution is -2.18. The highest BCUT2D eigenvalue weighted by Crippen LogP contribution is 2.23. The Bertz CT molecular complexity index is 616. The van der Waals surface area contributed by atoms with E-state index in [2.05, 4.69) is 34.2 Å². The van der Waals surface area contributed by atoms with Crippen molar-refractivity contribution in [2.75, 3.05) is 0 Å². The monoisotopic (exact) mass is 334 g/mol. The zero-order chi connectivity index (χ0) is 14.5. The maximum absolute atomic E-state index is 10.7. The zero-order valence-electron chi connectivity index (χ0n) is 11.0. The molecule has 1 N–H and O–H groups in total. The minimum atomic E-state index is -0.374. The molecule has 0 aliphatic rings. The Hall–Kier alpha value is -1.72. The van der Waals surface area contributed by atoms with Crippen LogP contribution in [0.2, 0.25) is 0 Å². The predicted octanol–water partition coefficient (Wildman–Crippen LogP) is 4.21. The largest absolute Gasteiger partial charge is 0.306 e.